The molecule has 2 aliphatic rings. The summed E-state index contributed by atoms with van der Waals surface area (Å²) in [7, 11) is 0. The fourth-order valence-corrected chi connectivity index (χ4v) is 2.79. The highest BCUT2D eigenvalue weighted by atomic mass is 16.5. The maximum atomic E-state index is 8.83. The Labute approximate surface area is 91.4 Å². The molecule has 0 radical (unpaired) electrons. The first-order valence-corrected chi connectivity index (χ1v) is 6.03. The number of aliphatic hydroxyl groups excluding tert-OH is 1. The van der Waals surface area contributed by atoms with E-state index in [0.29, 0.717) is 18.6 Å². The van der Waals surface area contributed by atoms with Gasteiger partial charge in [-0.15, -0.1) is 0 Å². The van der Waals surface area contributed by atoms with E-state index in [0.717, 1.165) is 19.7 Å². The van der Waals surface area contributed by atoms with Crippen molar-refractivity contribution >= 4 is 0 Å². The van der Waals surface area contributed by atoms with Crippen LogP contribution >= 0.6 is 0 Å². The molecular weight excluding hydrogens is 192 g/mol. The Morgan fingerprint density at radius 1 is 1.47 bits per heavy atom. The SMILES string of the molecule is NC(CCO)CN1CCOC2CCCC21. The van der Waals surface area contributed by atoms with Gasteiger partial charge in [0.05, 0.1) is 12.7 Å². The maximum absolute atomic E-state index is 8.83. The summed E-state index contributed by atoms with van der Waals surface area (Å²) in [5.41, 5.74) is 5.96. The van der Waals surface area contributed by atoms with Gasteiger partial charge in [-0.05, 0) is 25.7 Å². The van der Waals surface area contributed by atoms with E-state index in [1.54, 1.807) is 0 Å². The third kappa shape index (κ3) is 2.69. The zero-order chi connectivity index (χ0) is 10.7. The lowest BCUT2D eigenvalue weighted by molar-refractivity contribution is -0.0575. The van der Waals surface area contributed by atoms with Gasteiger partial charge in [-0.25, -0.2) is 0 Å². The largest absolute Gasteiger partial charge is 0.396 e. The summed E-state index contributed by atoms with van der Waals surface area (Å²) >= 11 is 0. The van der Waals surface area contributed by atoms with Gasteiger partial charge in [0.15, 0.2) is 0 Å². The van der Waals surface area contributed by atoms with Gasteiger partial charge < -0.3 is 15.6 Å². The van der Waals surface area contributed by atoms with E-state index >= 15 is 0 Å². The topological polar surface area (TPSA) is 58.7 Å². The van der Waals surface area contributed by atoms with Gasteiger partial charge in [0.25, 0.3) is 0 Å². The Bertz CT molecular complexity index is 201. The Morgan fingerprint density at radius 3 is 3.13 bits per heavy atom. The van der Waals surface area contributed by atoms with E-state index < -0.39 is 0 Å². The Balaban J connectivity index is 1.84. The van der Waals surface area contributed by atoms with Crippen LogP contribution < -0.4 is 5.73 Å². The van der Waals surface area contributed by atoms with Crippen molar-refractivity contribution in [3.8, 4) is 0 Å². The van der Waals surface area contributed by atoms with E-state index in [4.69, 9.17) is 15.6 Å². The molecule has 1 saturated carbocycles. The van der Waals surface area contributed by atoms with Crippen LogP contribution in [0.5, 0.6) is 0 Å². The molecule has 1 saturated heterocycles. The molecule has 15 heavy (non-hydrogen) atoms. The smallest absolute Gasteiger partial charge is 0.0730 e. The molecular formula is C11H22N2O2. The van der Waals surface area contributed by atoms with Crippen LogP contribution in [0.3, 0.4) is 0 Å². The summed E-state index contributed by atoms with van der Waals surface area (Å²) in [5, 5.41) is 8.83. The number of ether oxygens (including phenoxy) is 1. The molecule has 88 valence electrons. The first kappa shape index (κ1) is 11.3. The van der Waals surface area contributed by atoms with Crippen LogP contribution in [0.25, 0.3) is 0 Å². The zero-order valence-electron chi connectivity index (χ0n) is 9.27. The van der Waals surface area contributed by atoms with Gasteiger partial charge in [-0.3, -0.25) is 4.90 Å². The van der Waals surface area contributed by atoms with Crippen molar-refractivity contribution in [3.05, 3.63) is 0 Å². The minimum atomic E-state index is 0.106. The Kier molecular flexibility index (Phi) is 3.97. The molecule has 2 fully saturated rings. The molecule has 0 bridgehead atoms. The van der Waals surface area contributed by atoms with Crippen molar-refractivity contribution in [2.24, 2.45) is 5.73 Å². The quantitative estimate of drug-likeness (QED) is 0.689. The molecule has 2 rings (SSSR count). The highest BCUT2D eigenvalue weighted by Crippen LogP contribution is 2.29. The minimum Gasteiger partial charge on any atom is -0.396 e. The second-order valence-corrected chi connectivity index (χ2v) is 4.67. The van der Waals surface area contributed by atoms with Crippen LogP contribution in [0.2, 0.25) is 0 Å². The molecule has 4 heteroatoms. The van der Waals surface area contributed by atoms with Gasteiger partial charge in [-0.1, -0.05) is 0 Å². The molecule has 1 aliphatic carbocycles. The Hall–Kier alpha value is -0.160. The van der Waals surface area contributed by atoms with Crippen molar-refractivity contribution in [3.63, 3.8) is 0 Å². The fraction of sp³-hybridized carbons (Fsp3) is 1.00. The van der Waals surface area contributed by atoms with E-state index in [2.05, 4.69) is 4.90 Å². The Morgan fingerprint density at radius 2 is 2.33 bits per heavy atom. The molecule has 3 unspecified atom stereocenters. The zero-order valence-corrected chi connectivity index (χ0v) is 9.27. The molecule has 0 aromatic carbocycles. The second-order valence-electron chi connectivity index (χ2n) is 4.67. The van der Waals surface area contributed by atoms with Crippen LogP contribution in [0.15, 0.2) is 0 Å². The highest BCUT2D eigenvalue weighted by molar-refractivity contribution is 4.90. The van der Waals surface area contributed by atoms with E-state index in [-0.39, 0.29) is 12.6 Å². The second kappa shape index (κ2) is 5.25. The first-order chi connectivity index (χ1) is 7.31. The van der Waals surface area contributed by atoms with Crippen molar-refractivity contribution in [1.82, 2.24) is 4.90 Å². The third-order valence-electron chi connectivity index (χ3n) is 3.57. The summed E-state index contributed by atoms with van der Waals surface area (Å²) in [4.78, 5) is 2.46. The average molecular weight is 214 g/mol. The molecule has 1 heterocycles. The monoisotopic (exact) mass is 214 g/mol. The molecule has 0 aromatic heterocycles. The number of aliphatic hydroxyl groups is 1. The van der Waals surface area contributed by atoms with Crippen LogP contribution in [-0.4, -0.2) is 54.5 Å². The van der Waals surface area contributed by atoms with Gasteiger partial charge in [0.2, 0.25) is 0 Å². The number of rotatable bonds is 4. The first-order valence-electron chi connectivity index (χ1n) is 6.03. The molecule has 3 N–H and O–H groups in total. The lowest BCUT2D eigenvalue weighted by Crippen LogP contribution is -2.52. The lowest BCUT2D eigenvalue weighted by Gasteiger charge is -2.38. The summed E-state index contributed by atoms with van der Waals surface area (Å²) in [6.07, 6.45) is 4.88. The highest BCUT2D eigenvalue weighted by Gasteiger charge is 2.36. The summed E-state index contributed by atoms with van der Waals surface area (Å²) < 4.78 is 5.74. The lowest BCUT2D eigenvalue weighted by atomic mass is 10.1. The fourth-order valence-electron chi connectivity index (χ4n) is 2.79. The van der Waals surface area contributed by atoms with E-state index in [1.807, 2.05) is 0 Å². The number of morpholine rings is 1. The minimum absolute atomic E-state index is 0.106. The van der Waals surface area contributed by atoms with Crippen molar-refractivity contribution in [2.75, 3.05) is 26.3 Å². The standard InChI is InChI=1S/C11H22N2O2/c12-9(4-6-14)8-13-5-7-15-11-3-1-2-10(11)13/h9-11,14H,1-8,12H2. The van der Waals surface area contributed by atoms with Crippen molar-refractivity contribution in [2.45, 2.75) is 43.9 Å². The molecule has 0 amide bonds. The van der Waals surface area contributed by atoms with Crippen molar-refractivity contribution in [1.29, 1.82) is 0 Å². The maximum Gasteiger partial charge on any atom is 0.0730 e. The summed E-state index contributed by atoms with van der Waals surface area (Å²) in [5.74, 6) is 0. The van der Waals surface area contributed by atoms with Gasteiger partial charge in [-0.2, -0.15) is 0 Å². The van der Waals surface area contributed by atoms with Crippen LogP contribution in [0.1, 0.15) is 25.7 Å². The van der Waals surface area contributed by atoms with Crippen LogP contribution in [-0.2, 0) is 4.74 Å². The predicted molar refractivity (Wildman–Crippen MR) is 58.6 cm³/mol. The molecule has 0 spiro atoms. The van der Waals surface area contributed by atoms with E-state index in [9.17, 15) is 0 Å². The number of hydrogen-bond acceptors (Lipinski definition) is 4. The summed E-state index contributed by atoms with van der Waals surface area (Å²) in [6.45, 7) is 2.94. The molecule has 0 aromatic rings. The van der Waals surface area contributed by atoms with Crippen LogP contribution in [0, 0.1) is 0 Å². The number of nitrogens with zero attached hydrogens (tertiary/aromatic N) is 1. The molecule has 3 atom stereocenters. The number of fused-ring (bicyclic) bond motifs is 1. The normalized spacial score (nSPS) is 34.0. The average Bonchev–Trinajstić information content (AvgIpc) is 2.67. The molecule has 1 aliphatic heterocycles. The van der Waals surface area contributed by atoms with Gasteiger partial charge in [0.1, 0.15) is 0 Å². The van der Waals surface area contributed by atoms with Gasteiger partial charge in [0, 0.05) is 31.8 Å². The van der Waals surface area contributed by atoms with Crippen LogP contribution in [0.4, 0.5) is 0 Å². The van der Waals surface area contributed by atoms with Gasteiger partial charge >= 0.3 is 0 Å². The number of nitrogens with two attached hydrogens (primary N) is 1. The van der Waals surface area contributed by atoms with Crippen molar-refractivity contribution < 1.29 is 9.84 Å². The summed E-state index contributed by atoms with van der Waals surface area (Å²) in [6, 6.07) is 0.692. The third-order valence-corrected chi connectivity index (χ3v) is 3.57. The number of hydrogen-bond donors (Lipinski definition) is 2. The predicted octanol–water partition coefficient (Wildman–Crippen LogP) is -0.0506. The van der Waals surface area contributed by atoms with E-state index in [1.165, 1.54) is 19.3 Å². The molecule has 4 nitrogen and oxygen atoms in total.